The molecule has 0 aliphatic carbocycles. The molecule has 20 heavy (non-hydrogen) atoms. The Bertz CT molecular complexity index is 609. The lowest BCUT2D eigenvalue weighted by molar-refractivity contribution is 0.0963. The second kappa shape index (κ2) is 5.70. The van der Waals surface area contributed by atoms with Crippen molar-refractivity contribution in [1.82, 2.24) is 5.32 Å². The van der Waals surface area contributed by atoms with Crippen LogP contribution in [0.3, 0.4) is 0 Å². The molecule has 0 atom stereocenters. The van der Waals surface area contributed by atoms with Crippen LogP contribution in [0.1, 0.15) is 24.2 Å². The van der Waals surface area contributed by atoms with Gasteiger partial charge in [-0.05, 0) is 32.0 Å². The SMILES string of the molecule is CNC(=O)c1ccc(NCC(C)(C)S(C)(=O)=O)c(N)c1. The lowest BCUT2D eigenvalue weighted by Gasteiger charge is -2.24. The number of rotatable bonds is 5. The van der Waals surface area contributed by atoms with E-state index in [4.69, 9.17) is 5.73 Å². The third-order valence-corrected chi connectivity index (χ3v) is 5.40. The topological polar surface area (TPSA) is 101 Å². The molecule has 0 fully saturated rings. The van der Waals surface area contributed by atoms with Crippen molar-refractivity contribution in [3.05, 3.63) is 23.8 Å². The molecule has 0 aliphatic rings. The Morgan fingerprint density at radius 2 is 1.95 bits per heavy atom. The van der Waals surface area contributed by atoms with Crippen LogP contribution in [-0.2, 0) is 9.84 Å². The molecule has 1 aromatic rings. The number of hydrogen-bond donors (Lipinski definition) is 3. The van der Waals surface area contributed by atoms with E-state index in [2.05, 4.69) is 10.6 Å². The van der Waals surface area contributed by atoms with E-state index in [0.29, 0.717) is 16.9 Å². The molecule has 0 bridgehead atoms. The maximum atomic E-state index is 11.6. The summed E-state index contributed by atoms with van der Waals surface area (Å²) < 4.78 is 22.3. The van der Waals surface area contributed by atoms with Gasteiger partial charge in [-0.15, -0.1) is 0 Å². The van der Waals surface area contributed by atoms with E-state index in [1.54, 1.807) is 39.1 Å². The fourth-order valence-electron chi connectivity index (χ4n) is 1.45. The monoisotopic (exact) mass is 299 g/mol. The molecule has 1 amide bonds. The van der Waals surface area contributed by atoms with Crippen LogP contribution in [0.2, 0.25) is 0 Å². The van der Waals surface area contributed by atoms with Gasteiger partial charge in [0.15, 0.2) is 9.84 Å². The van der Waals surface area contributed by atoms with Gasteiger partial charge in [-0.2, -0.15) is 0 Å². The molecule has 0 radical (unpaired) electrons. The zero-order valence-electron chi connectivity index (χ0n) is 12.1. The molecule has 1 rings (SSSR count). The molecule has 0 aromatic heterocycles. The summed E-state index contributed by atoms with van der Waals surface area (Å²) in [6.07, 6.45) is 1.20. The Morgan fingerprint density at radius 3 is 2.40 bits per heavy atom. The second-order valence-corrected chi connectivity index (χ2v) is 7.92. The van der Waals surface area contributed by atoms with Crippen LogP contribution >= 0.6 is 0 Å². The first kappa shape index (κ1) is 16.3. The van der Waals surface area contributed by atoms with Crippen LogP contribution in [0.4, 0.5) is 11.4 Å². The number of carbonyl (C=O) groups excluding carboxylic acids is 1. The van der Waals surface area contributed by atoms with Crippen LogP contribution < -0.4 is 16.4 Å². The van der Waals surface area contributed by atoms with Gasteiger partial charge >= 0.3 is 0 Å². The van der Waals surface area contributed by atoms with Crippen molar-refractivity contribution in [2.75, 3.05) is 30.9 Å². The Balaban J connectivity index is 2.88. The van der Waals surface area contributed by atoms with Gasteiger partial charge in [-0.3, -0.25) is 4.79 Å². The summed E-state index contributed by atoms with van der Waals surface area (Å²) in [7, 11) is -1.64. The van der Waals surface area contributed by atoms with Gasteiger partial charge in [0.05, 0.1) is 16.1 Å². The van der Waals surface area contributed by atoms with E-state index in [1.165, 1.54) is 6.26 Å². The van der Waals surface area contributed by atoms with E-state index in [0.717, 1.165) is 0 Å². The maximum absolute atomic E-state index is 11.6. The van der Waals surface area contributed by atoms with Gasteiger partial charge in [0.2, 0.25) is 0 Å². The van der Waals surface area contributed by atoms with E-state index in [-0.39, 0.29) is 12.5 Å². The van der Waals surface area contributed by atoms with Crippen LogP contribution in [0.25, 0.3) is 0 Å². The normalized spacial score (nSPS) is 12.0. The minimum absolute atomic E-state index is 0.222. The molecule has 7 heteroatoms. The summed E-state index contributed by atoms with van der Waals surface area (Å²) in [5.41, 5.74) is 7.32. The number of amides is 1. The highest BCUT2D eigenvalue weighted by Crippen LogP contribution is 2.22. The fraction of sp³-hybridized carbons (Fsp3) is 0.462. The number of nitrogens with one attached hydrogen (secondary N) is 2. The standard InChI is InChI=1S/C13H21N3O3S/c1-13(2,20(4,18)19)8-16-11-6-5-9(7-10(11)14)12(17)15-3/h5-7,16H,8,14H2,1-4H3,(H,15,17). The third-order valence-electron chi connectivity index (χ3n) is 3.25. The van der Waals surface area contributed by atoms with Crippen molar-refractivity contribution in [1.29, 1.82) is 0 Å². The van der Waals surface area contributed by atoms with Crippen LogP contribution in [0.15, 0.2) is 18.2 Å². The molecule has 1 aromatic carbocycles. The van der Waals surface area contributed by atoms with Crippen molar-refractivity contribution >= 4 is 27.1 Å². The van der Waals surface area contributed by atoms with Gasteiger partial charge < -0.3 is 16.4 Å². The molecular formula is C13H21N3O3S. The largest absolute Gasteiger partial charge is 0.397 e. The molecule has 0 aliphatic heterocycles. The van der Waals surface area contributed by atoms with Crippen LogP contribution in [0, 0.1) is 0 Å². The zero-order valence-corrected chi connectivity index (χ0v) is 13.0. The molecule has 0 spiro atoms. The molecule has 6 nitrogen and oxygen atoms in total. The molecule has 0 saturated carbocycles. The van der Waals surface area contributed by atoms with Crippen molar-refractivity contribution < 1.29 is 13.2 Å². The second-order valence-electron chi connectivity index (χ2n) is 5.27. The number of nitrogen functional groups attached to an aromatic ring is 1. The quantitative estimate of drug-likeness (QED) is 0.700. The van der Waals surface area contributed by atoms with Crippen molar-refractivity contribution in [3.8, 4) is 0 Å². The minimum Gasteiger partial charge on any atom is -0.397 e. The predicted octanol–water partition coefficient (Wildman–Crippen LogP) is 0.863. The van der Waals surface area contributed by atoms with Gasteiger partial charge in [-0.25, -0.2) is 8.42 Å². The lowest BCUT2D eigenvalue weighted by atomic mass is 10.1. The van der Waals surface area contributed by atoms with Crippen molar-refractivity contribution in [2.45, 2.75) is 18.6 Å². The summed E-state index contributed by atoms with van der Waals surface area (Å²) in [6.45, 7) is 3.52. The highest BCUT2D eigenvalue weighted by molar-refractivity contribution is 7.92. The summed E-state index contributed by atoms with van der Waals surface area (Å²) >= 11 is 0. The molecule has 0 saturated heterocycles. The number of sulfone groups is 1. The van der Waals surface area contributed by atoms with E-state index < -0.39 is 14.6 Å². The van der Waals surface area contributed by atoms with E-state index in [1.807, 2.05) is 0 Å². The number of benzene rings is 1. The Labute approximate surface area is 119 Å². The number of carbonyl (C=O) groups is 1. The maximum Gasteiger partial charge on any atom is 0.251 e. The first-order valence-corrected chi connectivity index (χ1v) is 8.03. The summed E-state index contributed by atoms with van der Waals surface area (Å²) in [4.78, 5) is 11.5. The summed E-state index contributed by atoms with van der Waals surface area (Å²) in [5.74, 6) is -0.222. The molecule has 4 N–H and O–H groups in total. The van der Waals surface area contributed by atoms with Gasteiger partial charge in [-0.1, -0.05) is 0 Å². The first-order valence-electron chi connectivity index (χ1n) is 6.13. The summed E-state index contributed by atoms with van der Waals surface area (Å²) in [5, 5.41) is 5.52. The smallest absolute Gasteiger partial charge is 0.251 e. The van der Waals surface area contributed by atoms with Gasteiger partial charge in [0.25, 0.3) is 5.91 Å². The molecule has 0 unspecified atom stereocenters. The fourth-order valence-corrected chi connectivity index (χ4v) is 1.78. The molecule has 112 valence electrons. The highest BCUT2D eigenvalue weighted by atomic mass is 32.2. The average Bonchev–Trinajstić information content (AvgIpc) is 2.35. The Morgan fingerprint density at radius 1 is 1.35 bits per heavy atom. The van der Waals surface area contributed by atoms with Gasteiger partial charge in [0, 0.05) is 25.4 Å². The van der Waals surface area contributed by atoms with E-state index >= 15 is 0 Å². The first-order chi connectivity index (χ1) is 9.08. The van der Waals surface area contributed by atoms with Crippen LogP contribution in [0.5, 0.6) is 0 Å². The van der Waals surface area contributed by atoms with E-state index in [9.17, 15) is 13.2 Å². The van der Waals surface area contributed by atoms with Gasteiger partial charge in [0.1, 0.15) is 0 Å². The summed E-state index contributed by atoms with van der Waals surface area (Å²) in [6, 6.07) is 4.85. The minimum atomic E-state index is -3.18. The van der Waals surface area contributed by atoms with Crippen molar-refractivity contribution in [2.24, 2.45) is 0 Å². The number of nitrogens with two attached hydrogens (primary N) is 1. The molecule has 0 heterocycles. The molecular weight excluding hydrogens is 278 g/mol. The average molecular weight is 299 g/mol. The Hall–Kier alpha value is -1.76. The lowest BCUT2D eigenvalue weighted by Crippen LogP contribution is -2.38. The Kier molecular flexibility index (Phi) is 4.65. The van der Waals surface area contributed by atoms with Crippen LogP contribution in [-0.4, -0.2) is 38.9 Å². The number of anilines is 2. The third kappa shape index (κ3) is 3.63. The highest BCUT2D eigenvalue weighted by Gasteiger charge is 2.29. The zero-order chi connectivity index (χ0) is 15.6. The number of hydrogen-bond acceptors (Lipinski definition) is 5. The van der Waals surface area contributed by atoms with Crippen molar-refractivity contribution in [3.63, 3.8) is 0 Å². The predicted molar refractivity (Wildman–Crippen MR) is 81.7 cm³/mol.